The van der Waals surface area contributed by atoms with Crippen molar-refractivity contribution in [1.82, 2.24) is 4.31 Å². The lowest BCUT2D eigenvalue weighted by atomic mass is 10.1. The van der Waals surface area contributed by atoms with Crippen LogP contribution in [0.1, 0.15) is 19.8 Å². The molecule has 19 heavy (non-hydrogen) atoms. The van der Waals surface area contributed by atoms with E-state index < -0.39 is 21.7 Å². The standard InChI is InChI=1S/C11H21NO6S/c1-2-17-11(14)9-19(15,16)12-5-3-10(4-6-12)18-8-7-13/h10,13H,2-9H2,1H3. The molecular weight excluding hydrogens is 274 g/mol. The summed E-state index contributed by atoms with van der Waals surface area (Å²) in [6.07, 6.45) is 1.12. The number of ether oxygens (including phenoxy) is 2. The molecule has 7 nitrogen and oxygen atoms in total. The Hall–Kier alpha value is -0.700. The fraction of sp³-hybridized carbons (Fsp3) is 0.909. The average molecular weight is 295 g/mol. The van der Waals surface area contributed by atoms with E-state index in [2.05, 4.69) is 4.74 Å². The highest BCUT2D eigenvalue weighted by molar-refractivity contribution is 7.89. The van der Waals surface area contributed by atoms with E-state index in [0.717, 1.165) is 0 Å². The van der Waals surface area contributed by atoms with Crippen LogP contribution < -0.4 is 0 Å². The Balaban J connectivity index is 2.43. The third-order valence-corrected chi connectivity index (χ3v) is 4.60. The van der Waals surface area contributed by atoms with Crippen LogP contribution in [0.4, 0.5) is 0 Å². The average Bonchev–Trinajstić information content (AvgIpc) is 2.36. The van der Waals surface area contributed by atoms with Gasteiger partial charge in [0.05, 0.1) is 25.9 Å². The van der Waals surface area contributed by atoms with E-state index in [1.54, 1.807) is 6.92 Å². The van der Waals surface area contributed by atoms with E-state index in [-0.39, 0.29) is 25.9 Å². The zero-order valence-electron chi connectivity index (χ0n) is 11.1. The first-order valence-electron chi connectivity index (χ1n) is 6.35. The summed E-state index contributed by atoms with van der Waals surface area (Å²) in [4.78, 5) is 11.2. The number of hydrogen-bond donors (Lipinski definition) is 1. The fourth-order valence-corrected chi connectivity index (χ4v) is 3.27. The van der Waals surface area contributed by atoms with Gasteiger partial charge >= 0.3 is 5.97 Å². The van der Waals surface area contributed by atoms with Crippen molar-refractivity contribution in [3.8, 4) is 0 Å². The molecular formula is C11H21NO6S. The van der Waals surface area contributed by atoms with E-state index in [9.17, 15) is 13.2 Å². The van der Waals surface area contributed by atoms with Gasteiger partial charge in [-0.15, -0.1) is 0 Å². The highest BCUT2D eigenvalue weighted by Crippen LogP contribution is 2.17. The van der Waals surface area contributed by atoms with Crippen molar-refractivity contribution in [3.05, 3.63) is 0 Å². The molecule has 1 aliphatic rings. The number of carbonyl (C=O) groups is 1. The summed E-state index contributed by atoms with van der Waals surface area (Å²) in [6.45, 7) is 2.69. The van der Waals surface area contributed by atoms with Crippen LogP contribution in [0.25, 0.3) is 0 Å². The number of carbonyl (C=O) groups excluding carboxylic acids is 1. The maximum absolute atomic E-state index is 11.9. The van der Waals surface area contributed by atoms with Gasteiger partial charge in [0.15, 0.2) is 5.75 Å². The summed E-state index contributed by atoms with van der Waals surface area (Å²) < 4.78 is 35.2. The van der Waals surface area contributed by atoms with Gasteiger partial charge in [-0.1, -0.05) is 0 Å². The van der Waals surface area contributed by atoms with Crippen LogP contribution in [-0.2, 0) is 24.3 Å². The van der Waals surface area contributed by atoms with Crippen LogP contribution >= 0.6 is 0 Å². The monoisotopic (exact) mass is 295 g/mol. The second kappa shape index (κ2) is 7.78. The number of hydrogen-bond acceptors (Lipinski definition) is 6. The summed E-state index contributed by atoms with van der Waals surface area (Å²) in [6, 6.07) is 0. The van der Waals surface area contributed by atoms with E-state index in [1.807, 2.05) is 0 Å². The van der Waals surface area contributed by atoms with Crippen LogP contribution in [0.2, 0.25) is 0 Å². The van der Waals surface area contributed by atoms with Gasteiger partial charge in [-0.05, 0) is 19.8 Å². The minimum absolute atomic E-state index is 0.0267. The number of esters is 1. The molecule has 0 amide bonds. The summed E-state index contributed by atoms with van der Waals surface area (Å²) in [7, 11) is -3.59. The van der Waals surface area contributed by atoms with Gasteiger partial charge in [0.2, 0.25) is 10.0 Å². The SMILES string of the molecule is CCOC(=O)CS(=O)(=O)N1CCC(OCCO)CC1. The number of aliphatic hydroxyl groups is 1. The van der Waals surface area contributed by atoms with Crippen LogP contribution in [0.3, 0.4) is 0 Å². The van der Waals surface area contributed by atoms with Gasteiger partial charge in [0, 0.05) is 13.1 Å². The lowest BCUT2D eigenvalue weighted by molar-refractivity contribution is -0.140. The molecule has 8 heteroatoms. The number of piperidine rings is 1. The molecule has 1 heterocycles. The summed E-state index contributed by atoms with van der Waals surface area (Å²) in [5, 5.41) is 8.65. The van der Waals surface area contributed by atoms with E-state index >= 15 is 0 Å². The second-order valence-corrected chi connectivity index (χ2v) is 6.22. The van der Waals surface area contributed by atoms with Gasteiger partial charge in [-0.25, -0.2) is 12.7 Å². The molecule has 112 valence electrons. The Morgan fingerprint density at radius 3 is 2.53 bits per heavy atom. The predicted molar refractivity (Wildman–Crippen MR) is 68.1 cm³/mol. The molecule has 1 rings (SSSR count). The number of rotatable bonds is 7. The molecule has 1 N–H and O–H groups in total. The first-order chi connectivity index (χ1) is 8.99. The summed E-state index contributed by atoms with van der Waals surface area (Å²) >= 11 is 0. The lowest BCUT2D eigenvalue weighted by Crippen LogP contribution is -2.43. The normalized spacial score (nSPS) is 18.4. The van der Waals surface area contributed by atoms with E-state index in [4.69, 9.17) is 9.84 Å². The van der Waals surface area contributed by atoms with Gasteiger partial charge < -0.3 is 14.6 Å². The zero-order valence-corrected chi connectivity index (χ0v) is 11.9. The number of nitrogens with zero attached hydrogens (tertiary/aromatic N) is 1. The van der Waals surface area contributed by atoms with Gasteiger partial charge in [-0.2, -0.15) is 0 Å². The first-order valence-corrected chi connectivity index (χ1v) is 7.96. The van der Waals surface area contributed by atoms with Crippen molar-refractivity contribution >= 4 is 16.0 Å². The van der Waals surface area contributed by atoms with Crippen LogP contribution in [0.5, 0.6) is 0 Å². The molecule has 0 aliphatic carbocycles. The molecule has 0 atom stereocenters. The van der Waals surface area contributed by atoms with Crippen molar-refractivity contribution in [2.75, 3.05) is 38.7 Å². The van der Waals surface area contributed by atoms with Crippen molar-refractivity contribution in [1.29, 1.82) is 0 Å². The van der Waals surface area contributed by atoms with Gasteiger partial charge in [0.25, 0.3) is 0 Å². The quantitative estimate of drug-likeness (QED) is 0.628. The van der Waals surface area contributed by atoms with Crippen LogP contribution in [-0.4, -0.2) is 68.6 Å². The minimum atomic E-state index is -3.59. The smallest absolute Gasteiger partial charge is 0.322 e. The molecule has 1 saturated heterocycles. The van der Waals surface area contributed by atoms with Gasteiger partial charge in [-0.3, -0.25) is 4.79 Å². The third kappa shape index (κ3) is 5.43. The summed E-state index contributed by atoms with van der Waals surface area (Å²) in [5.41, 5.74) is 0. The molecule has 0 aromatic heterocycles. The molecule has 0 spiro atoms. The predicted octanol–water partition coefficient (Wildman–Crippen LogP) is -0.647. The van der Waals surface area contributed by atoms with Crippen molar-refractivity contribution in [2.24, 2.45) is 0 Å². The largest absolute Gasteiger partial charge is 0.465 e. The van der Waals surface area contributed by atoms with Crippen LogP contribution in [0, 0.1) is 0 Å². The Morgan fingerprint density at radius 2 is 2.00 bits per heavy atom. The topological polar surface area (TPSA) is 93.1 Å². The maximum Gasteiger partial charge on any atom is 0.322 e. The first kappa shape index (κ1) is 16.4. The number of sulfonamides is 1. The van der Waals surface area contributed by atoms with Crippen LogP contribution in [0.15, 0.2) is 0 Å². The summed E-state index contributed by atoms with van der Waals surface area (Å²) in [5.74, 6) is -1.33. The van der Waals surface area contributed by atoms with E-state index in [1.165, 1.54) is 4.31 Å². The molecule has 0 radical (unpaired) electrons. The van der Waals surface area contributed by atoms with Crippen molar-refractivity contribution < 1.29 is 27.8 Å². The fourth-order valence-electron chi connectivity index (χ4n) is 1.94. The molecule has 0 aromatic rings. The zero-order chi connectivity index (χ0) is 14.3. The third-order valence-electron chi connectivity index (χ3n) is 2.84. The second-order valence-electron chi connectivity index (χ2n) is 4.25. The Kier molecular flexibility index (Phi) is 6.70. The van der Waals surface area contributed by atoms with Gasteiger partial charge in [0.1, 0.15) is 0 Å². The maximum atomic E-state index is 11.9. The van der Waals surface area contributed by atoms with E-state index in [0.29, 0.717) is 25.9 Å². The molecule has 0 unspecified atom stereocenters. The molecule has 1 aliphatic heterocycles. The van der Waals surface area contributed by atoms with Crippen molar-refractivity contribution in [2.45, 2.75) is 25.9 Å². The Bertz CT molecular complexity index is 375. The number of aliphatic hydroxyl groups excluding tert-OH is 1. The Labute approximate surface area is 113 Å². The molecule has 1 fully saturated rings. The highest BCUT2D eigenvalue weighted by atomic mass is 32.2. The van der Waals surface area contributed by atoms with Crippen molar-refractivity contribution in [3.63, 3.8) is 0 Å². The molecule has 0 bridgehead atoms. The molecule has 0 aromatic carbocycles. The Morgan fingerprint density at radius 1 is 1.37 bits per heavy atom. The molecule has 0 saturated carbocycles. The minimum Gasteiger partial charge on any atom is -0.465 e. The highest BCUT2D eigenvalue weighted by Gasteiger charge is 2.30. The lowest BCUT2D eigenvalue weighted by Gasteiger charge is -2.30.